The molecule has 0 aliphatic carbocycles. The Bertz CT molecular complexity index is 1550. The van der Waals surface area contributed by atoms with Gasteiger partial charge in [0.15, 0.2) is 0 Å². The van der Waals surface area contributed by atoms with Crippen LogP contribution >= 0.6 is 0 Å². The van der Waals surface area contributed by atoms with Crippen LogP contribution in [0.4, 0.5) is 9.59 Å². The number of hydrogen-bond donors (Lipinski definition) is 8. The number of nitrogens with zero attached hydrogens (tertiary/aromatic N) is 1. The van der Waals surface area contributed by atoms with Gasteiger partial charge in [0.2, 0.25) is 0 Å². The molecule has 26 nitrogen and oxygen atoms in total. The zero-order valence-corrected chi connectivity index (χ0v) is 55.0. The van der Waals surface area contributed by atoms with Crippen LogP contribution in [0.25, 0.3) is 0 Å². The first-order valence-electron chi connectivity index (χ1n) is 28.2. The minimum Gasteiger partial charge on any atom is -0.462 e. The number of nitrogens with one attached hydrogen (secondary N) is 2. The highest BCUT2D eigenvalue weighted by Crippen LogP contribution is 2.33. The molecule has 0 aliphatic heterocycles. The van der Waals surface area contributed by atoms with Crippen molar-refractivity contribution < 1.29 is 109 Å². The van der Waals surface area contributed by atoms with Crippen LogP contribution in [-0.2, 0) is 68.4 Å². The van der Waals surface area contributed by atoms with Crippen molar-refractivity contribution in [2.45, 2.75) is 168 Å². The molecule has 484 valence electrons. The zero-order chi connectivity index (χ0) is 62.4. The minimum atomic E-state index is -2.86. The quantitative estimate of drug-likeness (QED) is 0.0185. The second-order valence-corrected chi connectivity index (χ2v) is 29.2. The number of aliphatic hydroxyl groups excluding tert-OH is 6. The van der Waals surface area contributed by atoms with Gasteiger partial charge in [0, 0.05) is 102 Å². The molecule has 0 fully saturated rings. The van der Waals surface area contributed by atoms with E-state index in [0.717, 1.165) is 57.8 Å². The number of esters is 2. The van der Waals surface area contributed by atoms with E-state index < -0.39 is 93.7 Å². The van der Waals surface area contributed by atoms with E-state index in [1.54, 1.807) is 21.3 Å². The van der Waals surface area contributed by atoms with Crippen LogP contribution in [0.1, 0.15) is 125 Å². The SMILES string of the molecule is CCCCC(C)(CCC)C(=O)OCC(O)CN(CCC[Si](OC)(OC)OC)C(=O)OCC(O)CO.CCCCC(C)(CCC)C(=O)OCC(O)CNCCC[Si](OC)(OC)OC.CO[Si](CCCNC(=O)OCC(O)CO)(OC)OC. The van der Waals surface area contributed by atoms with Gasteiger partial charge in [0.05, 0.1) is 30.6 Å². The molecule has 0 aliphatic rings. The van der Waals surface area contributed by atoms with Crippen molar-refractivity contribution in [2.24, 2.45) is 10.8 Å². The number of aliphatic hydroxyl groups is 6. The second-order valence-electron chi connectivity index (χ2n) is 20.0. The van der Waals surface area contributed by atoms with E-state index in [9.17, 15) is 34.5 Å². The van der Waals surface area contributed by atoms with Crippen molar-refractivity contribution in [1.82, 2.24) is 15.5 Å². The fraction of sp³-hybridized carbons (Fsp3) is 0.923. The number of ether oxygens (including phenoxy) is 4. The first-order chi connectivity index (χ1) is 38.4. The summed E-state index contributed by atoms with van der Waals surface area (Å²) in [5.74, 6) is -0.559. The average molecular weight is 1230 g/mol. The van der Waals surface area contributed by atoms with Crippen LogP contribution in [0, 0.1) is 10.8 Å². The summed E-state index contributed by atoms with van der Waals surface area (Å²) in [7, 11) is 5.85. The molecule has 6 atom stereocenters. The molecule has 2 amide bonds. The summed E-state index contributed by atoms with van der Waals surface area (Å²) in [5, 5.41) is 62.2. The van der Waals surface area contributed by atoms with Gasteiger partial charge in [-0.2, -0.15) is 0 Å². The Hall–Kier alpha value is -2.51. The molecule has 0 aromatic rings. The number of amides is 2. The van der Waals surface area contributed by atoms with E-state index in [2.05, 4.69) is 36.1 Å². The van der Waals surface area contributed by atoms with E-state index in [0.29, 0.717) is 63.4 Å². The minimum absolute atomic E-state index is 0.0180. The Balaban J connectivity index is -0.00000118. The molecule has 0 aromatic heterocycles. The number of hydrogen-bond acceptors (Lipinski definition) is 24. The molecule has 6 unspecified atom stereocenters. The van der Waals surface area contributed by atoms with Crippen LogP contribution in [-0.4, -0.2) is 247 Å². The summed E-state index contributed by atoms with van der Waals surface area (Å²) in [6.45, 7) is 11.7. The Morgan fingerprint density at radius 1 is 0.469 bits per heavy atom. The molecular formula is C52H111N3O23Si3. The maximum atomic E-state index is 12.7. The fourth-order valence-corrected chi connectivity index (χ4v) is 13.3. The normalized spacial score (nSPS) is 14.8. The molecule has 8 N–H and O–H groups in total. The third kappa shape index (κ3) is 36.2. The molecule has 0 bridgehead atoms. The number of alkyl carbamates (subject to hydrolysis) is 1. The largest absolute Gasteiger partial charge is 0.500 e. The topological polar surface area (TPSA) is 337 Å². The zero-order valence-electron chi connectivity index (χ0n) is 52.0. The van der Waals surface area contributed by atoms with Crippen LogP contribution in [0.2, 0.25) is 18.1 Å². The Morgan fingerprint density at radius 3 is 1.22 bits per heavy atom. The first-order valence-corrected chi connectivity index (χ1v) is 34.0. The smallest absolute Gasteiger partial charge is 0.462 e. The lowest BCUT2D eigenvalue weighted by atomic mass is 9.81. The Morgan fingerprint density at radius 2 is 0.840 bits per heavy atom. The molecule has 0 radical (unpaired) electrons. The predicted molar refractivity (Wildman–Crippen MR) is 309 cm³/mol. The number of carbonyl (C=O) groups is 4. The van der Waals surface area contributed by atoms with Gasteiger partial charge in [0.1, 0.15) is 50.8 Å². The van der Waals surface area contributed by atoms with Gasteiger partial charge in [-0.3, -0.25) is 9.59 Å². The summed E-state index contributed by atoms with van der Waals surface area (Å²) in [6.07, 6.45) is 5.05. The van der Waals surface area contributed by atoms with E-state index in [1.165, 1.54) is 47.6 Å². The fourth-order valence-electron chi connectivity index (χ4n) is 8.15. The Kier molecular flexibility index (Phi) is 49.7. The van der Waals surface area contributed by atoms with Gasteiger partial charge in [0.25, 0.3) is 0 Å². The van der Waals surface area contributed by atoms with Crippen LogP contribution in [0.3, 0.4) is 0 Å². The Labute approximate surface area is 487 Å². The average Bonchev–Trinajstić information content (AvgIpc) is 3.48. The van der Waals surface area contributed by atoms with E-state index in [1.807, 2.05) is 20.8 Å². The van der Waals surface area contributed by atoms with Crippen molar-refractivity contribution in [1.29, 1.82) is 0 Å². The number of unbranched alkanes of at least 4 members (excludes halogenated alkanes) is 2. The summed E-state index contributed by atoms with van der Waals surface area (Å²) in [6, 6.07) is 1.68. The van der Waals surface area contributed by atoms with Crippen molar-refractivity contribution in [2.75, 3.05) is 136 Å². The van der Waals surface area contributed by atoms with Gasteiger partial charge >= 0.3 is 50.5 Å². The highest BCUT2D eigenvalue weighted by molar-refractivity contribution is 6.61. The van der Waals surface area contributed by atoms with E-state index in [-0.39, 0.29) is 44.8 Å². The lowest BCUT2D eigenvalue weighted by Gasteiger charge is -2.29. The molecule has 81 heavy (non-hydrogen) atoms. The molecule has 29 heteroatoms. The third-order valence-electron chi connectivity index (χ3n) is 13.3. The van der Waals surface area contributed by atoms with Crippen molar-refractivity contribution in [3.05, 3.63) is 0 Å². The number of carbonyl (C=O) groups excluding carboxylic acids is 4. The maximum Gasteiger partial charge on any atom is 0.500 e. The monoisotopic (exact) mass is 1230 g/mol. The standard InChI is InChI=1S/C23H47NO10Si.C19H41NO6Si.C10H23NO7Si/c1-7-9-12-23(3,11-8-2)21(28)33-17-19(26)15-24(22(29)34-18-20(27)16-25)13-10-14-35(30-4,31-5)32-6;1-7-9-12-19(3,11-8-2)18(22)26-16-17(21)15-20-13-10-14-27(23-4,24-5)25-6;1-15-19(16-2,17-3)6-4-5-11-10(14)18-8-9(13)7-12/h19-20,25-27H,7-18H2,1-6H3;17,20-21H,7-16H2,1-6H3;9,12-13H,4-8H2,1-3H3,(H,11,14). The van der Waals surface area contributed by atoms with Gasteiger partial charge < -0.3 is 105 Å². The van der Waals surface area contributed by atoms with Crippen LogP contribution in [0.5, 0.6) is 0 Å². The molecule has 0 aromatic carbocycles. The lowest BCUT2D eigenvalue weighted by molar-refractivity contribution is -0.159. The van der Waals surface area contributed by atoms with E-state index in [4.69, 9.17) is 69.4 Å². The highest BCUT2D eigenvalue weighted by atomic mass is 28.4. The van der Waals surface area contributed by atoms with Gasteiger partial charge in [-0.05, 0) is 65.3 Å². The number of rotatable bonds is 47. The van der Waals surface area contributed by atoms with E-state index >= 15 is 0 Å². The van der Waals surface area contributed by atoms with Crippen molar-refractivity contribution >= 4 is 50.5 Å². The van der Waals surface area contributed by atoms with Crippen LogP contribution < -0.4 is 10.6 Å². The van der Waals surface area contributed by atoms with Gasteiger partial charge in [-0.25, -0.2) is 9.59 Å². The van der Waals surface area contributed by atoms with Crippen molar-refractivity contribution in [3.8, 4) is 0 Å². The summed E-state index contributed by atoms with van der Waals surface area (Å²) >= 11 is 0. The molecule has 0 heterocycles. The summed E-state index contributed by atoms with van der Waals surface area (Å²) in [4.78, 5) is 50.2. The second kappa shape index (κ2) is 48.7. The molecular weight excluding hydrogens is 1120 g/mol. The highest BCUT2D eigenvalue weighted by Gasteiger charge is 2.40. The van der Waals surface area contributed by atoms with Gasteiger partial charge in [-0.1, -0.05) is 66.2 Å². The van der Waals surface area contributed by atoms with Crippen LogP contribution in [0.15, 0.2) is 0 Å². The third-order valence-corrected chi connectivity index (χ3v) is 21.8. The lowest BCUT2D eigenvalue weighted by Crippen LogP contribution is -2.45. The molecule has 0 rings (SSSR count). The summed E-state index contributed by atoms with van der Waals surface area (Å²) < 4.78 is 68.5. The molecule has 0 spiro atoms. The van der Waals surface area contributed by atoms with Gasteiger partial charge in [-0.15, -0.1) is 0 Å². The van der Waals surface area contributed by atoms with Crippen molar-refractivity contribution in [3.63, 3.8) is 0 Å². The molecule has 0 saturated heterocycles. The summed E-state index contributed by atoms with van der Waals surface area (Å²) in [5.41, 5.74) is -1.07. The predicted octanol–water partition coefficient (Wildman–Crippen LogP) is 4.03. The maximum absolute atomic E-state index is 12.7. The first kappa shape index (κ1) is 82.7. The molecule has 0 saturated carbocycles.